The zero-order valence-corrected chi connectivity index (χ0v) is 19.2. The molecule has 2 aliphatic rings. The number of hydrogen-bond acceptors (Lipinski definition) is 8. The van der Waals surface area contributed by atoms with Crippen molar-refractivity contribution in [2.24, 2.45) is 0 Å². The minimum Gasteiger partial charge on any atom is -0.378 e. The number of benzene rings is 2. The summed E-state index contributed by atoms with van der Waals surface area (Å²) in [5.74, 6) is -1.11. The molecule has 11 heteroatoms. The highest BCUT2D eigenvalue weighted by atomic mass is 32.2. The molecule has 0 bridgehead atoms. The molecule has 10 nitrogen and oxygen atoms in total. The summed E-state index contributed by atoms with van der Waals surface area (Å²) in [7, 11) is 0. The van der Waals surface area contributed by atoms with Crippen molar-refractivity contribution in [3.05, 3.63) is 68.6 Å². The number of rotatable bonds is 6. The molecule has 0 saturated carbocycles. The average molecular weight is 483 g/mol. The van der Waals surface area contributed by atoms with E-state index in [1.165, 1.54) is 18.2 Å². The fraction of sp³-hybridized carbons (Fsp3) is 0.261. The maximum Gasteiger partial charge on any atom is 0.294 e. The summed E-state index contributed by atoms with van der Waals surface area (Å²) in [5.41, 5.74) is 2.48. The summed E-state index contributed by atoms with van der Waals surface area (Å²) < 4.78 is 5.38. The number of thioether (sulfide) groups is 1. The van der Waals surface area contributed by atoms with Crippen LogP contribution in [-0.2, 0) is 14.3 Å². The molecule has 1 N–H and O–H groups in total. The maximum absolute atomic E-state index is 13.0. The first-order valence-corrected chi connectivity index (χ1v) is 11.4. The van der Waals surface area contributed by atoms with Crippen LogP contribution in [0.4, 0.5) is 21.9 Å². The molecular formula is C23H22N4O6S. The van der Waals surface area contributed by atoms with Gasteiger partial charge in [0.1, 0.15) is 6.54 Å². The number of amides is 3. The second-order valence-electron chi connectivity index (χ2n) is 7.73. The molecule has 2 saturated heterocycles. The summed E-state index contributed by atoms with van der Waals surface area (Å²) in [4.78, 5) is 51.7. The lowest BCUT2D eigenvalue weighted by molar-refractivity contribution is -0.384. The molecule has 2 heterocycles. The number of anilines is 2. The van der Waals surface area contributed by atoms with E-state index in [0.29, 0.717) is 55.0 Å². The number of aryl methyl sites for hydroxylation is 1. The molecule has 2 aromatic carbocycles. The van der Waals surface area contributed by atoms with Crippen molar-refractivity contribution in [3.8, 4) is 0 Å². The fourth-order valence-corrected chi connectivity index (χ4v) is 4.52. The molecule has 0 radical (unpaired) electrons. The minimum absolute atomic E-state index is 0.101. The summed E-state index contributed by atoms with van der Waals surface area (Å²) in [6.45, 7) is 3.63. The van der Waals surface area contributed by atoms with Gasteiger partial charge in [-0.25, -0.2) is 0 Å². The third-order valence-electron chi connectivity index (χ3n) is 5.45. The number of non-ortho nitro benzene ring substituents is 1. The number of nitrogens with one attached hydrogen (secondary N) is 1. The maximum atomic E-state index is 13.0. The number of carbonyl (C=O) groups excluding carboxylic acids is 3. The van der Waals surface area contributed by atoms with Gasteiger partial charge in [-0.2, -0.15) is 0 Å². The van der Waals surface area contributed by atoms with Crippen molar-refractivity contribution in [2.75, 3.05) is 43.1 Å². The lowest BCUT2D eigenvalue weighted by Gasteiger charge is -2.30. The number of nitrogens with zero attached hydrogens (tertiary/aromatic N) is 3. The SMILES string of the molecule is Cc1ccccc1NC(=O)CN1C(=O)S/C(=C\c2cc([N+](=O)[O-])ccc2N2CCOCC2)C1=O. The molecule has 2 fully saturated rings. The Bertz CT molecular complexity index is 1190. The third-order valence-corrected chi connectivity index (χ3v) is 6.36. The molecule has 0 atom stereocenters. The number of ether oxygens (including phenoxy) is 1. The van der Waals surface area contributed by atoms with Crippen LogP contribution in [0.15, 0.2) is 47.4 Å². The van der Waals surface area contributed by atoms with E-state index in [-0.39, 0.29) is 10.6 Å². The molecule has 4 rings (SSSR count). The van der Waals surface area contributed by atoms with Crippen LogP contribution in [0.25, 0.3) is 6.08 Å². The zero-order chi connectivity index (χ0) is 24.2. The Morgan fingerprint density at radius 2 is 1.94 bits per heavy atom. The first kappa shape index (κ1) is 23.5. The number of nitro groups is 1. The van der Waals surface area contributed by atoms with Gasteiger partial charge >= 0.3 is 0 Å². The summed E-state index contributed by atoms with van der Waals surface area (Å²) in [5, 5.41) is 13.4. The molecule has 3 amide bonds. The van der Waals surface area contributed by atoms with E-state index in [0.717, 1.165) is 10.5 Å². The highest BCUT2D eigenvalue weighted by Crippen LogP contribution is 2.35. The zero-order valence-electron chi connectivity index (χ0n) is 18.4. The second-order valence-corrected chi connectivity index (χ2v) is 8.72. The topological polar surface area (TPSA) is 122 Å². The number of carbonyl (C=O) groups is 3. The molecule has 2 aromatic rings. The standard InChI is InChI=1S/C23H22N4O6S/c1-15-4-2-3-5-18(15)24-21(28)14-26-22(29)20(34-23(26)30)13-16-12-17(27(31)32)6-7-19(16)25-8-10-33-11-9-25/h2-7,12-13H,8-11,14H2,1H3,(H,24,28)/b20-13-. The van der Waals surface area contributed by atoms with Crippen molar-refractivity contribution in [2.45, 2.75) is 6.92 Å². The van der Waals surface area contributed by atoms with Gasteiger partial charge in [-0.3, -0.25) is 29.4 Å². The Hall–Kier alpha value is -3.70. The largest absolute Gasteiger partial charge is 0.378 e. The van der Waals surface area contributed by atoms with Gasteiger partial charge in [0, 0.05) is 42.2 Å². The quantitative estimate of drug-likeness (QED) is 0.378. The lowest BCUT2D eigenvalue weighted by Crippen LogP contribution is -2.36. The summed E-state index contributed by atoms with van der Waals surface area (Å²) in [6.07, 6.45) is 1.47. The molecule has 176 valence electrons. The van der Waals surface area contributed by atoms with E-state index in [2.05, 4.69) is 5.32 Å². The number of nitro benzene ring substituents is 1. The van der Waals surface area contributed by atoms with Crippen LogP contribution >= 0.6 is 11.8 Å². The van der Waals surface area contributed by atoms with Gasteiger partial charge in [0.05, 0.1) is 23.0 Å². The van der Waals surface area contributed by atoms with Gasteiger partial charge in [0.2, 0.25) is 5.91 Å². The molecule has 0 aromatic heterocycles. The lowest BCUT2D eigenvalue weighted by atomic mass is 10.1. The van der Waals surface area contributed by atoms with E-state index in [1.54, 1.807) is 18.2 Å². The van der Waals surface area contributed by atoms with Crippen LogP contribution in [0.1, 0.15) is 11.1 Å². The van der Waals surface area contributed by atoms with E-state index in [1.807, 2.05) is 24.0 Å². The number of hydrogen-bond donors (Lipinski definition) is 1. The molecule has 0 aliphatic carbocycles. The average Bonchev–Trinajstić information content (AvgIpc) is 3.08. The third kappa shape index (κ3) is 5.10. The van der Waals surface area contributed by atoms with Crippen LogP contribution in [-0.4, -0.2) is 59.7 Å². The summed E-state index contributed by atoms with van der Waals surface area (Å²) in [6, 6.07) is 11.6. The minimum atomic E-state index is -0.616. The Morgan fingerprint density at radius 1 is 1.21 bits per heavy atom. The van der Waals surface area contributed by atoms with Crippen LogP contribution in [0.3, 0.4) is 0 Å². The molecule has 0 unspecified atom stereocenters. The Balaban J connectivity index is 1.56. The van der Waals surface area contributed by atoms with Crippen molar-refractivity contribution in [1.82, 2.24) is 4.90 Å². The van der Waals surface area contributed by atoms with Gasteiger partial charge in [-0.15, -0.1) is 0 Å². The predicted molar refractivity (Wildman–Crippen MR) is 129 cm³/mol. The van der Waals surface area contributed by atoms with Gasteiger partial charge < -0.3 is 15.0 Å². The van der Waals surface area contributed by atoms with Crippen LogP contribution < -0.4 is 10.2 Å². The monoisotopic (exact) mass is 482 g/mol. The van der Waals surface area contributed by atoms with E-state index in [9.17, 15) is 24.5 Å². The first-order valence-electron chi connectivity index (χ1n) is 10.6. The highest BCUT2D eigenvalue weighted by molar-refractivity contribution is 8.18. The van der Waals surface area contributed by atoms with Gasteiger partial charge in [0.15, 0.2) is 0 Å². The van der Waals surface area contributed by atoms with Crippen LogP contribution in [0.2, 0.25) is 0 Å². The summed E-state index contributed by atoms with van der Waals surface area (Å²) >= 11 is 0.703. The van der Waals surface area contributed by atoms with Crippen LogP contribution in [0.5, 0.6) is 0 Å². The molecule has 34 heavy (non-hydrogen) atoms. The van der Waals surface area contributed by atoms with Gasteiger partial charge in [-0.1, -0.05) is 18.2 Å². The van der Waals surface area contributed by atoms with Gasteiger partial charge in [0.25, 0.3) is 16.8 Å². The van der Waals surface area contributed by atoms with Crippen molar-refractivity contribution >= 4 is 52.0 Å². The van der Waals surface area contributed by atoms with E-state index in [4.69, 9.17) is 4.74 Å². The molecular weight excluding hydrogens is 460 g/mol. The Kier molecular flexibility index (Phi) is 6.94. The molecule has 2 aliphatic heterocycles. The van der Waals surface area contributed by atoms with Crippen molar-refractivity contribution in [3.63, 3.8) is 0 Å². The normalized spacial score (nSPS) is 17.4. The molecule has 0 spiro atoms. The number of para-hydroxylation sites is 1. The van der Waals surface area contributed by atoms with Crippen molar-refractivity contribution in [1.29, 1.82) is 0 Å². The fourth-order valence-electron chi connectivity index (χ4n) is 3.69. The highest BCUT2D eigenvalue weighted by Gasteiger charge is 2.36. The predicted octanol–water partition coefficient (Wildman–Crippen LogP) is 3.41. The smallest absolute Gasteiger partial charge is 0.294 e. The van der Waals surface area contributed by atoms with E-state index < -0.39 is 28.5 Å². The Morgan fingerprint density at radius 3 is 2.65 bits per heavy atom. The number of imide groups is 1. The number of morpholine rings is 1. The van der Waals surface area contributed by atoms with E-state index >= 15 is 0 Å². The first-order chi connectivity index (χ1) is 16.3. The van der Waals surface area contributed by atoms with Crippen molar-refractivity contribution < 1.29 is 24.0 Å². The van der Waals surface area contributed by atoms with Gasteiger partial charge in [-0.05, 0) is 42.5 Å². The second kappa shape index (κ2) is 10.1. The van der Waals surface area contributed by atoms with Crippen LogP contribution in [0, 0.1) is 17.0 Å². The Labute approximate surface area is 199 Å².